The maximum absolute atomic E-state index is 6.51. The maximum atomic E-state index is 6.51. The molecule has 6 rings (SSSR count). The Kier molecular flexibility index (Phi) is 8.38. The van der Waals surface area contributed by atoms with Crippen LogP contribution in [-0.4, -0.2) is 39.5 Å². The predicted octanol–water partition coefficient (Wildman–Crippen LogP) is 7.02. The number of hydrogen-bond donors (Lipinski definition) is 0. The van der Waals surface area contributed by atoms with Crippen LogP contribution >= 0.6 is 0 Å². The molecule has 0 N–H and O–H groups in total. The van der Waals surface area contributed by atoms with Crippen molar-refractivity contribution in [1.29, 1.82) is 0 Å². The minimum atomic E-state index is 0.317. The second-order valence-corrected chi connectivity index (χ2v) is 10.5. The summed E-state index contributed by atoms with van der Waals surface area (Å²) in [7, 11) is 0. The van der Waals surface area contributed by atoms with Crippen LogP contribution in [0.25, 0.3) is 22.4 Å². The van der Waals surface area contributed by atoms with E-state index in [1.54, 1.807) is 4.85 Å². The van der Waals surface area contributed by atoms with Crippen molar-refractivity contribution in [2.45, 2.75) is 38.9 Å². The van der Waals surface area contributed by atoms with Gasteiger partial charge in [0.15, 0.2) is 0 Å². The summed E-state index contributed by atoms with van der Waals surface area (Å²) in [4.78, 5) is 14.9. The number of nitrogens with zero attached hydrogens (tertiary/aromatic N) is 4. The van der Waals surface area contributed by atoms with E-state index in [0.29, 0.717) is 25.0 Å². The molecule has 1 aliphatic rings. The largest absolute Gasteiger partial charge is 0.471 e. The first kappa shape index (κ1) is 26.8. The fourth-order valence-corrected chi connectivity index (χ4v) is 5.59. The lowest BCUT2D eigenvalue weighted by Gasteiger charge is -2.31. The summed E-state index contributed by atoms with van der Waals surface area (Å²) in [6.07, 6.45) is 5.77. The lowest BCUT2D eigenvalue weighted by molar-refractivity contribution is 0.0700. The number of hydrogen-bond acceptors (Lipinski definition) is 5. The van der Waals surface area contributed by atoms with Gasteiger partial charge in [-0.15, -0.1) is 0 Å². The molecule has 0 spiro atoms. The van der Waals surface area contributed by atoms with Crippen molar-refractivity contribution in [3.63, 3.8) is 0 Å². The van der Waals surface area contributed by atoms with Crippen molar-refractivity contribution in [3.05, 3.63) is 126 Å². The van der Waals surface area contributed by atoms with E-state index in [2.05, 4.69) is 65.3 Å². The lowest BCUT2D eigenvalue weighted by atomic mass is 9.87. The highest BCUT2D eigenvalue weighted by Crippen LogP contribution is 2.42. The van der Waals surface area contributed by atoms with Gasteiger partial charge < -0.3 is 14.5 Å². The van der Waals surface area contributed by atoms with Gasteiger partial charge >= 0.3 is 0 Å². The number of benzene rings is 3. The van der Waals surface area contributed by atoms with Gasteiger partial charge in [0.05, 0.1) is 0 Å². The number of rotatable bonds is 10. The first-order valence-electron chi connectivity index (χ1n) is 14.5. The zero-order valence-electron chi connectivity index (χ0n) is 23.5. The topological polar surface area (TPSA) is 52.4 Å². The van der Waals surface area contributed by atoms with Crippen LogP contribution in [0.1, 0.15) is 42.4 Å². The van der Waals surface area contributed by atoms with Gasteiger partial charge in [-0.2, -0.15) is 0 Å². The zero-order chi connectivity index (χ0) is 27.9. The molecule has 0 radical (unpaired) electrons. The van der Waals surface area contributed by atoms with Gasteiger partial charge in [0.1, 0.15) is 18.9 Å². The molecule has 208 valence electrons. The minimum absolute atomic E-state index is 0.317. The van der Waals surface area contributed by atoms with E-state index in [9.17, 15) is 0 Å². The fourth-order valence-electron chi connectivity index (χ4n) is 5.59. The molecule has 5 aromatic rings. The molecule has 0 saturated carbocycles. The van der Waals surface area contributed by atoms with Gasteiger partial charge in [-0.25, -0.2) is 0 Å². The summed E-state index contributed by atoms with van der Waals surface area (Å²) in [6, 6.07) is 33.2. The van der Waals surface area contributed by atoms with E-state index in [1.807, 2.05) is 60.9 Å². The quantitative estimate of drug-likeness (QED) is 0.189. The number of ether oxygens (including phenoxy) is 1. The normalized spacial score (nSPS) is 14.2. The lowest BCUT2D eigenvalue weighted by Crippen LogP contribution is -2.32. The van der Waals surface area contributed by atoms with Crippen molar-refractivity contribution < 1.29 is 9.57 Å². The van der Waals surface area contributed by atoms with Crippen LogP contribution in [0.3, 0.4) is 0 Å². The van der Waals surface area contributed by atoms with Crippen molar-refractivity contribution >= 4 is 0 Å². The van der Waals surface area contributed by atoms with Gasteiger partial charge in [0.25, 0.3) is 0 Å². The highest BCUT2D eigenvalue weighted by molar-refractivity contribution is 5.74. The fraction of sp³-hybridized carbons (Fsp3) is 0.257. The molecular formula is C35H36N4O2. The summed E-state index contributed by atoms with van der Waals surface area (Å²) < 4.78 is 6.51. The Morgan fingerprint density at radius 1 is 0.732 bits per heavy atom. The molecule has 3 heterocycles. The van der Waals surface area contributed by atoms with Gasteiger partial charge in [-0.3, -0.25) is 4.98 Å². The Labute approximate surface area is 242 Å². The standard InChI is InChI=1S/C35H36N4O2/c1-2-38-22-18-30(19-23-38)33-34(32-15-9-14-31(24-32)29-16-20-36-21-17-29)39(41-26-28-12-7-4-8-13-28)37-35(33)40-25-27-10-5-3-6-11-27/h3-17,20-21,24,30H,2,18-19,22-23,25-26H2,1H3. The van der Waals surface area contributed by atoms with Crippen LogP contribution in [0.4, 0.5) is 0 Å². The molecule has 2 aromatic heterocycles. The first-order chi connectivity index (χ1) is 20.3. The monoisotopic (exact) mass is 544 g/mol. The first-order valence-corrected chi connectivity index (χ1v) is 14.5. The van der Waals surface area contributed by atoms with Crippen LogP contribution in [0.2, 0.25) is 0 Å². The summed E-state index contributed by atoms with van der Waals surface area (Å²) in [5.41, 5.74) is 7.61. The third-order valence-electron chi connectivity index (χ3n) is 7.87. The van der Waals surface area contributed by atoms with E-state index < -0.39 is 0 Å². The summed E-state index contributed by atoms with van der Waals surface area (Å²) in [6.45, 7) is 6.29. The average molecular weight is 545 g/mol. The van der Waals surface area contributed by atoms with Crippen LogP contribution < -0.4 is 9.57 Å². The Bertz CT molecular complexity index is 1530. The maximum Gasteiger partial charge on any atom is 0.240 e. The molecular weight excluding hydrogens is 508 g/mol. The van der Waals surface area contributed by atoms with Crippen LogP contribution in [0.15, 0.2) is 109 Å². The van der Waals surface area contributed by atoms with E-state index in [1.165, 1.54) is 0 Å². The summed E-state index contributed by atoms with van der Waals surface area (Å²) in [5.74, 6) is 0.971. The molecule has 6 nitrogen and oxygen atoms in total. The van der Waals surface area contributed by atoms with Crippen molar-refractivity contribution in [3.8, 4) is 28.3 Å². The number of piperidine rings is 1. The van der Waals surface area contributed by atoms with Gasteiger partial charge in [0, 0.05) is 23.5 Å². The van der Waals surface area contributed by atoms with E-state index in [0.717, 1.165) is 71.6 Å². The molecule has 1 fully saturated rings. The second-order valence-electron chi connectivity index (χ2n) is 10.5. The molecule has 1 saturated heterocycles. The Morgan fingerprint density at radius 2 is 1.39 bits per heavy atom. The third-order valence-corrected chi connectivity index (χ3v) is 7.87. The molecule has 3 aromatic carbocycles. The second kappa shape index (κ2) is 12.8. The third kappa shape index (κ3) is 6.34. The number of aromatic nitrogens is 3. The molecule has 1 aliphatic heterocycles. The van der Waals surface area contributed by atoms with Crippen LogP contribution in [-0.2, 0) is 13.2 Å². The van der Waals surface area contributed by atoms with E-state index in [4.69, 9.17) is 14.7 Å². The summed E-state index contributed by atoms with van der Waals surface area (Å²) in [5, 5.41) is 4.98. The molecule has 41 heavy (non-hydrogen) atoms. The Balaban J connectivity index is 1.44. The number of likely N-dealkylation sites (tertiary alicyclic amines) is 1. The molecule has 0 bridgehead atoms. The average Bonchev–Trinajstić information content (AvgIpc) is 3.42. The van der Waals surface area contributed by atoms with Crippen LogP contribution in [0.5, 0.6) is 5.88 Å². The highest BCUT2D eigenvalue weighted by Gasteiger charge is 2.31. The molecule has 0 atom stereocenters. The van der Waals surface area contributed by atoms with Gasteiger partial charge in [-0.1, -0.05) is 95.7 Å². The highest BCUT2D eigenvalue weighted by atomic mass is 16.7. The van der Waals surface area contributed by atoms with Gasteiger partial charge in [-0.05, 0) is 78.8 Å². The smallest absolute Gasteiger partial charge is 0.240 e. The van der Waals surface area contributed by atoms with Crippen molar-refractivity contribution in [1.82, 2.24) is 19.8 Å². The molecule has 0 amide bonds. The molecule has 0 aliphatic carbocycles. The molecule has 6 heteroatoms. The van der Waals surface area contributed by atoms with E-state index >= 15 is 0 Å². The van der Waals surface area contributed by atoms with Crippen molar-refractivity contribution in [2.24, 2.45) is 0 Å². The predicted molar refractivity (Wildman–Crippen MR) is 162 cm³/mol. The Morgan fingerprint density at radius 3 is 2.07 bits per heavy atom. The SMILES string of the molecule is CCN1CCC(c2c(OCc3ccccc3)nn(OCc3ccccc3)c2-c2cccc(-c3ccncc3)c2)CC1. The van der Waals surface area contributed by atoms with Crippen molar-refractivity contribution in [2.75, 3.05) is 19.6 Å². The van der Waals surface area contributed by atoms with E-state index in [-0.39, 0.29) is 0 Å². The Hall–Kier alpha value is -4.42. The molecule has 0 unspecified atom stereocenters. The van der Waals surface area contributed by atoms with Gasteiger partial charge in [0.2, 0.25) is 5.88 Å². The summed E-state index contributed by atoms with van der Waals surface area (Å²) >= 11 is 0. The minimum Gasteiger partial charge on any atom is -0.471 e. The number of pyridine rings is 1. The van der Waals surface area contributed by atoms with Crippen LogP contribution in [0, 0.1) is 0 Å². The zero-order valence-corrected chi connectivity index (χ0v) is 23.5.